The SMILES string of the molecule is C=C(CCC)C(O)CCCC. The Labute approximate surface area is 70.1 Å². The zero-order valence-electron chi connectivity index (χ0n) is 7.77. The average molecular weight is 156 g/mol. The van der Waals surface area contributed by atoms with Gasteiger partial charge in [0.25, 0.3) is 0 Å². The molecule has 0 bridgehead atoms. The Morgan fingerprint density at radius 1 is 1.36 bits per heavy atom. The lowest BCUT2D eigenvalue weighted by atomic mass is 10.0. The van der Waals surface area contributed by atoms with Crippen molar-refractivity contribution in [2.45, 2.75) is 52.1 Å². The molecule has 0 aromatic heterocycles. The summed E-state index contributed by atoms with van der Waals surface area (Å²) in [7, 11) is 0. The summed E-state index contributed by atoms with van der Waals surface area (Å²) < 4.78 is 0. The van der Waals surface area contributed by atoms with Crippen molar-refractivity contribution >= 4 is 0 Å². The molecule has 0 spiro atoms. The Morgan fingerprint density at radius 3 is 2.45 bits per heavy atom. The Morgan fingerprint density at radius 2 is 2.00 bits per heavy atom. The fourth-order valence-electron chi connectivity index (χ4n) is 1.09. The molecule has 0 aromatic rings. The molecule has 0 aromatic carbocycles. The second-order valence-corrected chi connectivity index (χ2v) is 3.07. The molecule has 0 amide bonds. The molecular formula is C10H20O. The van der Waals surface area contributed by atoms with Gasteiger partial charge in [0.15, 0.2) is 0 Å². The van der Waals surface area contributed by atoms with E-state index < -0.39 is 0 Å². The monoisotopic (exact) mass is 156 g/mol. The van der Waals surface area contributed by atoms with Crippen LogP contribution in [0.4, 0.5) is 0 Å². The van der Waals surface area contributed by atoms with Crippen molar-refractivity contribution in [2.24, 2.45) is 0 Å². The smallest absolute Gasteiger partial charge is 0.0747 e. The van der Waals surface area contributed by atoms with E-state index in [2.05, 4.69) is 20.4 Å². The van der Waals surface area contributed by atoms with Crippen LogP contribution in [0.2, 0.25) is 0 Å². The van der Waals surface area contributed by atoms with Gasteiger partial charge in [-0.15, -0.1) is 0 Å². The van der Waals surface area contributed by atoms with Gasteiger partial charge in [-0.1, -0.05) is 39.7 Å². The van der Waals surface area contributed by atoms with Crippen LogP contribution in [0.5, 0.6) is 0 Å². The van der Waals surface area contributed by atoms with Crippen molar-refractivity contribution in [3.05, 3.63) is 12.2 Å². The molecule has 1 nitrogen and oxygen atoms in total. The molecule has 11 heavy (non-hydrogen) atoms. The Bertz CT molecular complexity index is 107. The molecule has 0 aliphatic rings. The van der Waals surface area contributed by atoms with Crippen molar-refractivity contribution < 1.29 is 5.11 Å². The van der Waals surface area contributed by atoms with E-state index in [4.69, 9.17) is 0 Å². The minimum atomic E-state index is -0.255. The summed E-state index contributed by atoms with van der Waals surface area (Å²) in [6, 6.07) is 0. The second-order valence-electron chi connectivity index (χ2n) is 3.07. The maximum absolute atomic E-state index is 9.48. The molecule has 0 heterocycles. The van der Waals surface area contributed by atoms with Crippen LogP contribution < -0.4 is 0 Å². The highest BCUT2D eigenvalue weighted by Gasteiger charge is 2.05. The first kappa shape index (κ1) is 10.7. The van der Waals surface area contributed by atoms with Gasteiger partial charge in [0.1, 0.15) is 0 Å². The van der Waals surface area contributed by atoms with Crippen molar-refractivity contribution in [3.63, 3.8) is 0 Å². The van der Waals surface area contributed by atoms with Gasteiger partial charge in [0.2, 0.25) is 0 Å². The first-order valence-corrected chi connectivity index (χ1v) is 4.58. The van der Waals surface area contributed by atoms with Gasteiger partial charge in [-0.2, -0.15) is 0 Å². The van der Waals surface area contributed by atoms with Crippen LogP contribution in [0.15, 0.2) is 12.2 Å². The van der Waals surface area contributed by atoms with Gasteiger partial charge >= 0.3 is 0 Å². The minimum absolute atomic E-state index is 0.255. The number of rotatable bonds is 6. The van der Waals surface area contributed by atoms with Gasteiger partial charge < -0.3 is 5.11 Å². The number of aliphatic hydroxyl groups excluding tert-OH is 1. The first-order valence-electron chi connectivity index (χ1n) is 4.58. The molecule has 0 saturated carbocycles. The van der Waals surface area contributed by atoms with Gasteiger partial charge in [0.05, 0.1) is 6.10 Å². The van der Waals surface area contributed by atoms with E-state index in [1.807, 2.05) is 0 Å². The van der Waals surface area contributed by atoms with Crippen LogP contribution in [0.3, 0.4) is 0 Å². The second kappa shape index (κ2) is 6.41. The normalized spacial score (nSPS) is 13.0. The lowest BCUT2D eigenvalue weighted by molar-refractivity contribution is 0.193. The van der Waals surface area contributed by atoms with Crippen LogP contribution in [-0.2, 0) is 0 Å². The highest BCUT2D eigenvalue weighted by atomic mass is 16.3. The molecular weight excluding hydrogens is 136 g/mol. The fraction of sp³-hybridized carbons (Fsp3) is 0.800. The zero-order valence-corrected chi connectivity index (χ0v) is 7.77. The third kappa shape index (κ3) is 5.02. The van der Waals surface area contributed by atoms with Gasteiger partial charge in [-0.05, 0) is 18.4 Å². The summed E-state index contributed by atoms with van der Waals surface area (Å²) in [6.45, 7) is 8.09. The highest BCUT2D eigenvalue weighted by molar-refractivity contribution is 5.00. The third-order valence-electron chi connectivity index (χ3n) is 1.87. The van der Waals surface area contributed by atoms with Gasteiger partial charge in [-0.3, -0.25) is 0 Å². The summed E-state index contributed by atoms with van der Waals surface area (Å²) in [6.07, 6.45) is 4.93. The fourth-order valence-corrected chi connectivity index (χ4v) is 1.09. The highest BCUT2D eigenvalue weighted by Crippen LogP contribution is 2.12. The summed E-state index contributed by atoms with van der Waals surface area (Å²) in [5.74, 6) is 0. The van der Waals surface area contributed by atoms with E-state index >= 15 is 0 Å². The Balaban J connectivity index is 3.46. The predicted molar refractivity (Wildman–Crippen MR) is 49.6 cm³/mol. The van der Waals surface area contributed by atoms with Crippen LogP contribution >= 0.6 is 0 Å². The van der Waals surface area contributed by atoms with E-state index in [1.54, 1.807) is 0 Å². The average Bonchev–Trinajstić information content (AvgIpc) is 2.00. The van der Waals surface area contributed by atoms with Crippen molar-refractivity contribution in [2.75, 3.05) is 0 Å². The zero-order chi connectivity index (χ0) is 8.69. The van der Waals surface area contributed by atoms with Crippen LogP contribution in [0, 0.1) is 0 Å². The Hall–Kier alpha value is -0.300. The molecule has 1 heteroatoms. The molecule has 1 atom stereocenters. The predicted octanol–water partition coefficient (Wildman–Crippen LogP) is 2.89. The molecule has 1 unspecified atom stereocenters. The lowest BCUT2D eigenvalue weighted by Crippen LogP contribution is -2.08. The van der Waals surface area contributed by atoms with Gasteiger partial charge in [0, 0.05) is 0 Å². The molecule has 0 saturated heterocycles. The molecule has 0 rings (SSSR count). The van der Waals surface area contributed by atoms with Crippen LogP contribution in [0.1, 0.15) is 46.0 Å². The van der Waals surface area contributed by atoms with E-state index in [0.717, 1.165) is 37.7 Å². The van der Waals surface area contributed by atoms with Crippen LogP contribution in [0.25, 0.3) is 0 Å². The van der Waals surface area contributed by atoms with Crippen molar-refractivity contribution in [1.82, 2.24) is 0 Å². The van der Waals surface area contributed by atoms with Gasteiger partial charge in [-0.25, -0.2) is 0 Å². The molecule has 0 radical (unpaired) electrons. The summed E-state index contributed by atoms with van der Waals surface area (Å²) >= 11 is 0. The van der Waals surface area contributed by atoms with E-state index in [-0.39, 0.29) is 6.10 Å². The molecule has 0 aliphatic heterocycles. The van der Waals surface area contributed by atoms with Crippen molar-refractivity contribution in [1.29, 1.82) is 0 Å². The summed E-state index contributed by atoms with van der Waals surface area (Å²) in [4.78, 5) is 0. The maximum Gasteiger partial charge on any atom is 0.0747 e. The Kier molecular flexibility index (Phi) is 6.24. The summed E-state index contributed by atoms with van der Waals surface area (Å²) in [5, 5.41) is 9.48. The largest absolute Gasteiger partial charge is 0.389 e. The topological polar surface area (TPSA) is 20.2 Å². The number of unbranched alkanes of at least 4 members (excludes halogenated alkanes) is 1. The quantitative estimate of drug-likeness (QED) is 0.586. The number of aliphatic hydroxyl groups is 1. The minimum Gasteiger partial charge on any atom is -0.389 e. The van der Waals surface area contributed by atoms with E-state index in [0.29, 0.717) is 0 Å². The van der Waals surface area contributed by atoms with Crippen molar-refractivity contribution in [3.8, 4) is 0 Å². The standard InChI is InChI=1S/C10H20O/c1-4-6-8-10(11)9(3)7-5-2/h10-11H,3-8H2,1-2H3. The maximum atomic E-state index is 9.48. The number of hydrogen-bond acceptors (Lipinski definition) is 1. The molecule has 1 N–H and O–H groups in total. The molecule has 0 aliphatic carbocycles. The van der Waals surface area contributed by atoms with E-state index in [1.165, 1.54) is 0 Å². The number of hydrogen-bond donors (Lipinski definition) is 1. The third-order valence-corrected chi connectivity index (χ3v) is 1.87. The molecule has 66 valence electrons. The van der Waals surface area contributed by atoms with E-state index in [9.17, 15) is 5.11 Å². The first-order chi connectivity index (χ1) is 5.22. The lowest BCUT2D eigenvalue weighted by Gasteiger charge is -2.11. The summed E-state index contributed by atoms with van der Waals surface area (Å²) in [5.41, 5.74) is 1.00. The molecule has 0 fully saturated rings. The van der Waals surface area contributed by atoms with Crippen LogP contribution in [-0.4, -0.2) is 11.2 Å².